The summed E-state index contributed by atoms with van der Waals surface area (Å²) in [5.74, 6) is -1.31. The standard InChI is InChI=1S/C19H19N3O5S3/c23-17(11-12-29(24,25)13-15-7-3-1-4-8-15)20-19-22-21-18(28-19)14-30(26,27)16-9-5-2-6-10-16/h1-10H,11-14H2,(H,20,22,23). The van der Waals surface area contributed by atoms with E-state index in [1.807, 2.05) is 0 Å². The summed E-state index contributed by atoms with van der Waals surface area (Å²) in [6, 6.07) is 16.7. The van der Waals surface area contributed by atoms with Gasteiger partial charge in [-0.15, -0.1) is 10.2 Å². The van der Waals surface area contributed by atoms with Gasteiger partial charge in [0.25, 0.3) is 0 Å². The molecule has 1 N–H and O–H groups in total. The molecule has 8 nitrogen and oxygen atoms in total. The van der Waals surface area contributed by atoms with E-state index in [1.54, 1.807) is 48.5 Å². The number of carbonyl (C=O) groups excluding carboxylic acids is 1. The molecule has 0 unspecified atom stereocenters. The van der Waals surface area contributed by atoms with Crippen LogP contribution in [0, 0.1) is 0 Å². The van der Waals surface area contributed by atoms with E-state index < -0.39 is 25.6 Å². The first-order valence-corrected chi connectivity index (χ1v) is 13.2. The first-order chi connectivity index (χ1) is 14.2. The maximum Gasteiger partial charge on any atom is 0.227 e. The molecule has 1 aromatic heterocycles. The predicted octanol–water partition coefficient (Wildman–Crippen LogP) is 2.46. The largest absolute Gasteiger partial charge is 0.301 e. The molecule has 3 aromatic rings. The van der Waals surface area contributed by atoms with Crippen LogP contribution >= 0.6 is 11.3 Å². The minimum Gasteiger partial charge on any atom is -0.301 e. The number of carbonyl (C=O) groups is 1. The number of aromatic nitrogens is 2. The number of sulfone groups is 2. The number of hydrogen-bond acceptors (Lipinski definition) is 8. The summed E-state index contributed by atoms with van der Waals surface area (Å²) < 4.78 is 49.1. The highest BCUT2D eigenvalue weighted by atomic mass is 32.2. The van der Waals surface area contributed by atoms with Gasteiger partial charge in [0.15, 0.2) is 19.7 Å². The van der Waals surface area contributed by atoms with Crippen molar-refractivity contribution in [1.82, 2.24) is 10.2 Å². The van der Waals surface area contributed by atoms with E-state index in [-0.39, 0.29) is 38.7 Å². The molecule has 11 heteroatoms. The van der Waals surface area contributed by atoms with Crippen LogP contribution < -0.4 is 5.32 Å². The van der Waals surface area contributed by atoms with E-state index in [4.69, 9.17) is 0 Å². The van der Waals surface area contributed by atoms with Gasteiger partial charge >= 0.3 is 0 Å². The Bertz CT molecular complexity index is 1210. The summed E-state index contributed by atoms with van der Waals surface area (Å²) in [6.45, 7) is 0. The number of benzene rings is 2. The maximum absolute atomic E-state index is 12.4. The third kappa shape index (κ3) is 6.44. The molecule has 0 bridgehead atoms. The van der Waals surface area contributed by atoms with Crippen LogP contribution in [-0.2, 0) is 36.0 Å². The summed E-state index contributed by atoms with van der Waals surface area (Å²) >= 11 is 0.936. The Morgan fingerprint density at radius 3 is 2.17 bits per heavy atom. The third-order valence-corrected chi connectivity index (χ3v) is 8.26. The van der Waals surface area contributed by atoms with Crippen LogP contribution in [0.3, 0.4) is 0 Å². The average molecular weight is 466 g/mol. The predicted molar refractivity (Wildman–Crippen MR) is 114 cm³/mol. The summed E-state index contributed by atoms with van der Waals surface area (Å²) in [6.07, 6.45) is -0.230. The van der Waals surface area contributed by atoms with Gasteiger partial charge in [-0.05, 0) is 17.7 Å². The van der Waals surface area contributed by atoms with Crippen molar-refractivity contribution in [3.8, 4) is 0 Å². The van der Waals surface area contributed by atoms with Gasteiger partial charge in [-0.25, -0.2) is 16.8 Å². The van der Waals surface area contributed by atoms with Crippen molar-refractivity contribution in [3.63, 3.8) is 0 Å². The monoisotopic (exact) mass is 465 g/mol. The molecular formula is C19H19N3O5S3. The molecular weight excluding hydrogens is 446 g/mol. The van der Waals surface area contributed by atoms with Gasteiger partial charge in [0.1, 0.15) is 10.8 Å². The minimum atomic E-state index is -3.57. The van der Waals surface area contributed by atoms with Gasteiger partial charge < -0.3 is 5.32 Å². The molecule has 158 valence electrons. The fraction of sp³-hybridized carbons (Fsp3) is 0.211. The number of nitrogens with zero attached hydrogens (tertiary/aromatic N) is 2. The highest BCUT2D eigenvalue weighted by Gasteiger charge is 2.19. The summed E-state index contributed by atoms with van der Waals surface area (Å²) in [5, 5.41) is 10.4. The molecule has 0 radical (unpaired) electrons. The number of nitrogens with one attached hydrogen (secondary N) is 1. The number of hydrogen-bond donors (Lipinski definition) is 1. The Morgan fingerprint density at radius 1 is 0.867 bits per heavy atom. The topological polar surface area (TPSA) is 123 Å². The molecule has 1 heterocycles. The lowest BCUT2D eigenvalue weighted by Crippen LogP contribution is -2.18. The van der Waals surface area contributed by atoms with Crippen molar-refractivity contribution in [2.45, 2.75) is 22.8 Å². The zero-order chi connectivity index (χ0) is 21.6. The molecule has 0 aliphatic carbocycles. The minimum absolute atomic E-state index is 0.124. The smallest absolute Gasteiger partial charge is 0.227 e. The second-order valence-corrected chi connectivity index (χ2v) is 11.7. The lowest BCUT2D eigenvalue weighted by atomic mass is 10.2. The van der Waals surface area contributed by atoms with Crippen molar-refractivity contribution in [1.29, 1.82) is 0 Å². The van der Waals surface area contributed by atoms with Crippen LogP contribution in [0.25, 0.3) is 0 Å². The second kappa shape index (κ2) is 9.45. The normalized spacial score (nSPS) is 11.9. The highest BCUT2D eigenvalue weighted by molar-refractivity contribution is 7.91. The van der Waals surface area contributed by atoms with Crippen molar-refractivity contribution >= 4 is 42.1 Å². The molecule has 0 aliphatic rings. The Balaban J connectivity index is 1.53. The number of anilines is 1. The fourth-order valence-corrected chi connectivity index (χ4v) is 6.28. The number of rotatable bonds is 9. The van der Waals surface area contributed by atoms with Gasteiger partial charge in [-0.1, -0.05) is 59.9 Å². The molecule has 0 saturated heterocycles. The molecule has 0 spiro atoms. The van der Waals surface area contributed by atoms with Crippen LogP contribution in [0.1, 0.15) is 17.0 Å². The first kappa shape index (κ1) is 22.1. The molecule has 3 rings (SSSR count). The van der Waals surface area contributed by atoms with Crippen molar-refractivity contribution < 1.29 is 21.6 Å². The molecule has 30 heavy (non-hydrogen) atoms. The summed E-state index contributed by atoms with van der Waals surface area (Å²) in [5.41, 5.74) is 0.659. The quantitative estimate of drug-likeness (QED) is 0.515. The van der Waals surface area contributed by atoms with Gasteiger partial charge in [0.05, 0.1) is 16.4 Å². The highest BCUT2D eigenvalue weighted by Crippen LogP contribution is 2.21. The van der Waals surface area contributed by atoms with E-state index in [2.05, 4.69) is 15.5 Å². The maximum atomic E-state index is 12.4. The Labute approximate surface area is 178 Å². The van der Waals surface area contributed by atoms with E-state index >= 15 is 0 Å². The molecule has 0 atom stereocenters. The van der Waals surface area contributed by atoms with Crippen molar-refractivity contribution in [2.24, 2.45) is 0 Å². The van der Waals surface area contributed by atoms with Crippen LogP contribution in [0.2, 0.25) is 0 Å². The van der Waals surface area contributed by atoms with Gasteiger partial charge in [0.2, 0.25) is 11.0 Å². The SMILES string of the molecule is O=C(CCS(=O)(=O)Cc1ccccc1)Nc1nnc(CS(=O)(=O)c2ccccc2)s1. The van der Waals surface area contributed by atoms with Gasteiger partial charge in [0, 0.05) is 6.42 Å². The Morgan fingerprint density at radius 2 is 1.50 bits per heavy atom. The summed E-state index contributed by atoms with van der Waals surface area (Å²) in [7, 11) is -7.02. The van der Waals surface area contributed by atoms with Crippen LogP contribution in [-0.4, -0.2) is 38.7 Å². The second-order valence-electron chi connectivity index (χ2n) is 6.45. The first-order valence-electron chi connectivity index (χ1n) is 8.88. The third-order valence-electron chi connectivity index (χ3n) is 4.00. The van der Waals surface area contributed by atoms with Crippen LogP contribution in [0.4, 0.5) is 5.13 Å². The fourth-order valence-electron chi connectivity index (χ4n) is 2.57. The average Bonchev–Trinajstić information content (AvgIpc) is 3.13. The molecule has 0 aliphatic heterocycles. The molecule has 1 amide bonds. The van der Waals surface area contributed by atoms with Crippen molar-refractivity contribution in [3.05, 3.63) is 71.2 Å². The van der Waals surface area contributed by atoms with Gasteiger partial charge in [-0.2, -0.15) is 0 Å². The zero-order valence-corrected chi connectivity index (χ0v) is 18.2. The summed E-state index contributed by atoms with van der Waals surface area (Å²) in [4.78, 5) is 12.2. The molecule has 2 aromatic carbocycles. The zero-order valence-electron chi connectivity index (χ0n) is 15.8. The van der Waals surface area contributed by atoms with Crippen LogP contribution in [0.5, 0.6) is 0 Å². The molecule has 0 fully saturated rings. The Kier molecular flexibility index (Phi) is 6.95. The van der Waals surface area contributed by atoms with E-state index in [0.717, 1.165) is 11.3 Å². The number of amides is 1. The van der Waals surface area contributed by atoms with Crippen molar-refractivity contribution in [2.75, 3.05) is 11.1 Å². The van der Waals surface area contributed by atoms with Gasteiger partial charge in [-0.3, -0.25) is 4.79 Å². The Hall–Kier alpha value is -2.63. The van der Waals surface area contributed by atoms with Crippen LogP contribution in [0.15, 0.2) is 65.6 Å². The lowest BCUT2D eigenvalue weighted by Gasteiger charge is -2.04. The molecule has 0 saturated carbocycles. The van der Waals surface area contributed by atoms with E-state index in [9.17, 15) is 21.6 Å². The van der Waals surface area contributed by atoms with E-state index in [0.29, 0.717) is 5.56 Å². The lowest BCUT2D eigenvalue weighted by molar-refractivity contribution is -0.115. The van der Waals surface area contributed by atoms with E-state index in [1.165, 1.54) is 12.1 Å².